The molecule has 0 aliphatic carbocycles. The molecule has 4 nitrogen and oxygen atoms in total. The molecule has 4 heteroatoms. The average molecular weight is 288 g/mol. The lowest BCUT2D eigenvalue weighted by Gasteiger charge is -2.15. The smallest absolute Gasteiger partial charge is 0.179 e. The lowest BCUT2D eigenvalue weighted by atomic mass is 10.0. The Labute approximate surface area is 129 Å². The maximum atomic E-state index is 9.18. The molecule has 1 atom stereocenters. The molecule has 1 aromatic heterocycles. The molecule has 108 valence electrons. The van der Waals surface area contributed by atoms with Crippen LogP contribution in [0.4, 0.5) is 0 Å². The Morgan fingerprint density at radius 3 is 2.86 bits per heavy atom. The second-order valence-corrected chi connectivity index (χ2v) is 5.72. The maximum absolute atomic E-state index is 9.18. The van der Waals surface area contributed by atoms with Crippen molar-refractivity contribution in [3.8, 4) is 17.5 Å². The van der Waals surface area contributed by atoms with Crippen LogP contribution in [0.3, 0.4) is 0 Å². The molecule has 0 saturated carbocycles. The van der Waals surface area contributed by atoms with E-state index in [9.17, 15) is 5.26 Å². The maximum Gasteiger partial charge on any atom is 0.179 e. The zero-order chi connectivity index (χ0) is 14.9. The number of aromatic nitrogens is 2. The molecule has 1 fully saturated rings. The van der Waals surface area contributed by atoms with Crippen LogP contribution < -0.4 is 0 Å². The van der Waals surface area contributed by atoms with Crippen LogP contribution in [0, 0.1) is 11.5 Å². The highest BCUT2D eigenvalue weighted by molar-refractivity contribution is 5.86. The molecule has 0 spiro atoms. The van der Waals surface area contributed by atoms with Crippen LogP contribution in [-0.4, -0.2) is 21.6 Å². The van der Waals surface area contributed by atoms with Gasteiger partial charge in [0.25, 0.3) is 0 Å². The van der Waals surface area contributed by atoms with E-state index in [4.69, 9.17) is 0 Å². The van der Waals surface area contributed by atoms with Crippen molar-refractivity contribution in [1.82, 2.24) is 15.1 Å². The molecule has 1 aliphatic rings. The predicted octanol–water partition coefficient (Wildman–Crippen LogP) is 3.85. The summed E-state index contributed by atoms with van der Waals surface area (Å²) in [6.07, 6.45) is 4.34. The minimum absolute atomic E-state index is 0.145. The van der Waals surface area contributed by atoms with Crippen molar-refractivity contribution in [1.29, 1.82) is 5.26 Å². The molecule has 4 rings (SSSR count). The van der Waals surface area contributed by atoms with Gasteiger partial charge in [-0.25, -0.2) is 0 Å². The number of H-pyrrole nitrogens is 1. The number of nitrogens with zero attached hydrogens (tertiary/aromatic N) is 3. The number of nitriles is 1. The van der Waals surface area contributed by atoms with Crippen LogP contribution >= 0.6 is 0 Å². The Morgan fingerprint density at radius 2 is 2.00 bits per heavy atom. The Hall–Kier alpha value is -2.80. The summed E-state index contributed by atoms with van der Waals surface area (Å²) in [6.45, 7) is 0.839. The van der Waals surface area contributed by atoms with E-state index in [1.807, 2.05) is 17.0 Å². The Kier molecular flexibility index (Phi) is 3.05. The minimum Gasteiger partial charge on any atom is -0.302 e. The number of hydrogen-bond donors (Lipinski definition) is 1. The monoisotopic (exact) mass is 288 g/mol. The van der Waals surface area contributed by atoms with Crippen molar-refractivity contribution in [2.45, 2.75) is 18.9 Å². The number of likely N-dealkylation sites (tertiary alicyclic amines) is 1. The van der Waals surface area contributed by atoms with Crippen LogP contribution in [0.25, 0.3) is 22.0 Å². The summed E-state index contributed by atoms with van der Waals surface area (Å²) >= 11 is 0. The van der Waals surface area contributed by atoms with Gasteiger partial charge in [0, 0.05) is 12.1 Å². The van der Waals surface area contributed by atoms with Crippen molar-refractivity contribution < 1.29 is 0 Å². The molecule has 3 aromatic rings. The molecule has 1 aliphatic heterocycles. The zero-order valence-electron chi connectivity index (χ0n) is 12.2. The molecule has 22 heavy (non-hydrogen) atoms. The number of benzene rings is 2. The van der Waals surface area contributed by atoms with Crippen molar-refractivity contribution in [2.24, 2.45) is 0 Å². The Bertz CT molecular complexity index is 859. The molecule has 1 saturated heterocycles. The summed E-state index contributed by atoms with van der Waals surface area (Å²) in [5.74, 6) is 0. The molecule has 0 radical (unpaired) electrons. The third-order valence-electron chi connectivity index (χ3n) is 4.38. The van der Waals surface area contributed by atoms with Gasteiger partial charge in [0.1, 0.15) is 0 Å². The number of hydrogen-bond acceptors (Lipinski definition) is 3. The fourth-order valence-electron chi connectivity index (χ4n) is 3.21. The van der Waals surface area contributed by atoms with Gasteiger partial charge >= 0.3 is 0 Å². The summed E-state index contributed by atoms with van der Waals surface area (Å²) in [7, 11) is 0. The lowest BCUT2D eigenvalue weighted by Crippen LogP contribution is -2.17. The van der Waals surface area contributed by atoms with Gasteiger partial charge in [-0.3, -0.25) is 5.10 Å². The summed E-state index contributed by atoms with van der Waals surface area (Å²) in [5, 5.41) is 19.2. The van der Waals surface area contributed by atoms with E-state index in [0.717, 1.165) is 36.3 Å². The van der Waals surface area contributed by atoms with Crippen LogP contribution in [-0.2, 0) is 0 Å². The fraction of sp³-hybridized carbons (Fsp3) is 0.222. The Morgan fingerprint density at radius 1 is 1.14 bits per heavy atom. The average Bonchev–Trinajstić information content (AvgIpc) is 3.22. The van der Waals surface area contributed by atoms with Crippen molar-refractivity contribution >= 4 is 10.8 Å². The topological polar surface area (TPSA) is 55.7 Å². The minimum atomic E-state index is 0.145. The van der Waals surface area contributed by atoms with Gasteiger partial charge in [-0.05, 0) is 35.7 Å². The molecule has 0 amide bonds. The SMILES string of the molecule is N#CN1CCCC1c1cc(-c2ccc3ccccc3c2)n[nH]1. The van der Waals surface area contributed by atoms with E-state index >= 15 is 0 Å². The van der Waals surface area contributed by atoms with E-state index in [-0.39, 0.29) is 6.04 Å². The number of aromatic amines is 1. The number of rotatable bonds is 2. The second kappa shape index (κ2) is 5.19. The summed E-state index contributed by atoms with van der Waals surface area (Å²) in [5.41, 5.74) is 3.07. The first kappa shape index (κ1) is 12.9. The highest BCUT2D eigenvalue weighted by Crippen LogP contribution is 2.32. The van der Waals surface area contributed by atoms with E-state index in [1.54, 1.807) is 0 Å². The second-order valence-electron chi connectivity index (χ2n) is 5.72. The van der Waals surface area contributed by atoms with Gasteiger partial charge in [-0.1, -0.05) is 36.4 Å². The van der Waals surface area contributed by atoms with Gasteiger partial charge in [-0.15, -0.1) is 0 Å². The van der Waals surface area contributed by atoms with Crippen molar-refractivity contribution in [2.75, 3.05) is 6.54 Å². The van der Waals surface area contributed by atoms with Gasteiger partial charge in [0.05, 0.1) is 17.4 Å². The third-order valence-corrected chi connectivity index (χ3v) is 4.38. The first-order valence-corrected chi connectivity index (χ1v) is 7.56. The van der Waals surface area contributed by atoms with Gasteiger partial charge in [-0.2, -0.15) is 10.4 Å². The van der Waals surface area contributed by atoms with Gasteiger partial charge < -0.3 is 4.90 Å². The van der Waals surface area contributed by atoms with Crippen molar-refractivity contribution in [3.63, 3.8) is 0 Å². The highest BCUT2D eigenvalue weighted by Gasteiger charge is 2.26. The van der Waals surface area contributed by atoms with E-state index in [1.165, 1.54) is 10.8 Å². The molecular weight excluding hydrogens is 272 g/mol. The summed E-state index contributed by atoms with van der Waals surface area (Å²) < 4.78 is 0. The summed E-state index contributed by atoms with van der Waals surface area (Å²) in [4.78, 5) is 1.83. The molecule has 1 N–H and O–H groups in total. The largest absolute Gasteiger partial charge is 0.302 e. The molecule has 2 heterocycles. The summed E-state index contributed by atoms with van der Waals surface area (Å²) in [6, 6.07) is 16.9. The van der Waals surface area contributed by atoms with Gasteiger partial charge in [0.2, 0.25) is 0 Å². The van der Waals surface area contributed by atoms with E-state index < -0.39 is 0 Å². The molecular formula is C18H16N4. The zero-order valence-corrected chi connectivity index (χ0v) is 12.2. The first-order valence-electron chi connectivity index (χ1n) is 7.56. The molecule has 2 aromatic carbocycles. The van der Waals surface area contributed by atoms with Crippen molar-refractivity contribution in [3.05, 3.63) is 54.2 Å². The standard InChI is InChI=1S/C18H16N4/c19-12-22-9-3-6-18(22)17-11-16(20-21-17)15-8-7-13-4-1-2-5-14(13)10-15/h1-2,4-5,7-8,10-11,18H,3,6,9H2,(H,20,21). The van der Waals surface area contributed by atoms with Gasteiger partial charge in [0.15, 0.2) is 6.19 Å². The fourth-order valence-corrected chi connectivity index (χ4v) is 3.21. The Balaban J connectivity index is 1.69. The number of nitrogens with one attached hydrogen (secondary N) is 1. The quantitative estimate of drug-likeness (QED) is 0.729. The van der Waals surface area contributed by atoms with Crippen LogP contribution in [0.1, 0.15) is 24.6 Å². The predicted molar refractivity (Wildman–Crippen MR) is 85.8 cm³/mol. The van der Waals surface area contributed by atoms with Crippen LogP contribution in [0.5, 0.6) is 0 Å². The van der Waals surface area contributed by atoms with E-state index in [2.05, 4.69) is 52.8 Å². The third kappa shape index (κ3) is 2.11. The lowest BCUT2D eigenvalue weighted by molar-refractivity contribution is 0.367. The molecule has 0 bridgehead atoms. The normalized spacial score (nSPS) is 17.8. The highest BCUT2D eigenvalue weighted by atomic mass is 15.2. The first-order chi connectivity index (χ1) is 10.8. The molecule has 1 unspecified atom stereocenters. The van der Waals surface area contributed by atoms with Crippen LogP contribution in [0.15, 0.2) is 48.5 Å². The van der Waals surface area contributed by atoms with Crippen LogP contribution in [0.2, 0.25) is 0 Å². The number of fused-ring (bicyclic) bond motifs is 1. The van der Waals surface area contributed by atoms with E-state index in [0.29, 0.717) is 0 Å².